The van der Waals surface area contributed by atoms with Crippen molar-refractivity contribution in [3.05, 3.63) is 0 Å². The molecule has 0 aromatic heterocycles. The van der Waals surface area contributed by atoms with Gasteiger partial charge in [-0.1, -0.05) is 34.4 Å². The third-order valence-corrected chi connectivity index (χ3v) is 10.7. The van der Waals surface area contributed by atoms with E-state index in [1.807, 2.05) is 7.85 Å². The van der Waals surface area contributed by atoms with E-state index >= 15 is 0 Å². The number of phosphoric ester groups is 2. The van der Waals surface area contributed by atoms with Crippen LogP contribution in [0.1, 0.15) is 64.2 Å². The molecule has 0 bridgehead atoms. The second kappa shape index (κ2) is 29.4. The Kier molecular flexibility index (Phi) is 28.0. The van der Waals surface area contributed by atoms with Crippen LogP contribution in [0.2, 0.25) is 0 Å². The maximum Gasteiger partial charge on any atom is 0.472 e. The van der Waals surface area contributed by atoms with E-state index in [1.165, 1.54) is 0 Å². The lowest BCUT2D eigenvalue weighted by molar-refractivity contribution is 0.00438. The van der Waals surface area contributed by atoms with Crippen LogP contribution in [0.15, 0.2) is 0 Å². The molecule has 7 N–H and O–H groups in total. The fraction of sp³-hybridized carbons (Fsp3) is 0.926. The molecule has 1 fully saturated rings. The highest BCUT2D eigenvalue weighted by Crippen LogP contribution is 2.43. The summed E-state index contributed by atoms with van der Waals surface area (Å²) in [4.78, 5) is 26.9. The SMILES string of the molecule is BC1CCC(COP(=O)(O)OCCOCCOCCOCCNC(=N)CCCSSCCCC(=N)NCCCCCCOP(=O)(O)O)O1. The lowest BCUT2D eigenvalue weighted by atomic mass is 9.97. The number of hydrogen-bond donors (Lipinski definition) is 7. The van der Waals surface area contributed by atoms with Gasteiger partial charge in [-0.15, -0.1) is 0 Å². The van der Waals surface area contributed by atoms with E-state index in [0.717, 1.165) is 63.0 Å². The Balaban J connectivity index is 1.77. The average molecular weight is 767 g/mol. The van der Waals surface area contributed by atoms with Crippen LogP contribution < -0.4 is 10.6 Å². The molecule has 0 saturated carbocycles. The van der Waals surface area contributed by atoms with Crippen molar-refractivity contribution in [1.82, 2.24) is 10.6 Å². The van der Waals surface area contributed by atoms with Crippen molar-refractivity contribution in [3.63, 3.8) is 0 Å². The summed E-state index contributed by atoms with van der Waals surface area (Å²) in [6, 6.07) is 0.141. The minimum absolute atomic E-state index is 0.0289. The average Bonchev–Trinajstić information content (AvgIpc) is 3.45. The van der Waals surface area contributed by atoms with Crippen LogP contribution in [0.5, 0.6) is 0 Å². The third kappa shape index (κ3) is 30.6. The van der Waals surface area contributed by atoms with Gasteiger partial charge in [0.2, 0.25) is 0 Å². The molecule has 3 atom stereocenters. The number of rotatable bonds is 33. The molecule has 0 spiro atoms. The number of hydrogen-bond acceptors (Lipinski definition) is 13. The summed E-state index contributed by atoms with van der Waals surface area (Å²) in [6.07, 6.45) is 8.02. The minimum Gasteiger partial charge on any atom is -0.382 e. The monoisotopic (exact) mass is 766 g/mol. The van der Waals surface area contributed by atoms with Crippen molar-refractivity contribution < 1.29 is 56.3 Å². The molecule has 0 aromatic rings. The molecule has 0 radical (unpaired) electrons. The van der Waals surface area contributed by atoms with Crippen molar-refractivity contribution in [3.8, 4) is 0 Å². The highest BCUT2D eigenvalue weighted by atomic mass is 33.1. The van der Waals surface area contributed by atoms with Gasteiger partial charge < -0.3 is 44.3 Å². The van der Waals surface area contributed by atoms with Gasteiger partial charge in [-0.3, -0.25) is 24.4 Å². The normalized spacial score (nSPS) is 17.7. The predicted octanol–water partition coefficient (Wildman–Crippen LogP) is 3.05. The second-order valence-corrected chi connectivity index (χ2v) is 16.4. The summed E-state index contributed by atoms with van der Waals surface area (Å²) >= 11 is 0. The first-order valence-electron chi connectivity index (χ1n) is 16.5. The lowest BCUT2D eigenvalue weighted by Gasteiger charge is -2.15. The molecule has 21 heteroatoms. The van der Waals surface area contributed by atoms with E-state index in [-0.39, 0.29) is 38.5 Å². The van der Waals surface area contributed by atoms with E-state index < -0.39 is 15.6 Å². The van der Waals surface area contributed by atoms with Crippen molar-refractivity contribution in [1.29, 1.82) is 10.8 Å². The fourth-order valence-corrected chi connectivity index (χ4v) is 7.44. The summed E-state index contributed by atoms with van der Waals surface area (Å²) in [6.45, 7) is 3.44. The quantitative estimate of drug-likeness (QED) is 0.0127. The Morgan fingerprint density at radius 1 is 0.708 bits per heavy atom. The Hall–Kier alpha value is -0.235. The van der Waals surface area contributed by atoms with Crippen LogP contribution in [0, 0.1) is 10.8 Å². The summed E-state index contributed by atoms with van der Waals surface area (Å²) in [5.41, 5.74) is 0. The van der Waals surface area contributed by atoms with Gasteiger partial charge in [0.25, 0.3) is 0 Å². The van der Waals surface area contributed by atoms with E-state index in [1.54, 1.807) is 21.6 Å². The van der Waals surface area contributed by atoms with Gasteiger partial charge in [0.15, 0.2) is 0 Å². The molecule has 1 saturated heterocycles. The molecule has 16 nitrogen and oxygen atoms in total. The van der Waals surface area contributed by atoms with Crippen molar-refractivity contribution in [2.24, 2.45) is 0 Å². The maximum absolute atomic E-state index is 11.9. The van der Waals surface area contributed by atoms with Crippen LogP contribution >= 0.6 is 37.2 Å². The first-order chi connectivity index (χ1) is 23.0. The molecule has 0 aliphatic carbocycles. The topological polar surface area (TPSA) is 231 Å². The molecular formula is C27H57BN4O12P2S2. The van der Waals surface area contributed by atoms with Gasteiger partial charge in [-0.2, -0.15) is 0 Å². The van der Waals surface area contributed by atoms with Crippen molar-refractivity contribution >= 4 is 56.8 Å². The molecule has 282 valence electrons. The molecule has 1 aliphatic heterocycles. The second-order valence-electron chi connectivity index (χ2n) is 11.0. The van der Waals surface area contributed by atoms with Crippen LogP contribution in [0.25, 0.3) is 0 Å². The van der Waals surface area contributed by atoms with Crippen LogP contribution in [-0.2, 0) is 41.6 Å². The van der Waals surface area contributed by atoms with E-state index in [4.69, 9.17) is 48.6 Å². The summed E-state index contributed by atoms with van der Waals surface area (Å²) in [5, 5.41) is 22.2. The minimum atomic E-state index is -4.36. The van der Waals surface area contributed by atoms with Crippen molar-refractivity contribution in [2.75, 3.05) is 84.1 Å². The van der Waals surface area contributed by atoms with Gasteiger partial charge in [0.05, 0.1) is 77.2 Å². The predicted molar refractivity (Wildman–Crippen MR) is 192 cm³/mol. The molecular weight excluding hydrogens is 709 g/mol. The first-order valence-corrected chi connectivity index (χ1v) is 22.1. The lowest BCUT2D eigenvalue weighted by Crippen LogP contribution is -2.27. The Morgan fingerprint density at radius 2 is 1.27 bits per heavy atom. The number of unbranched alkanes of at least 4 members (excludes halogenated alkanes) is 3. The van der Waals surface area contributed by atoms with Gasteiger partial charge in [-0.25, -0.2) is 9.13 Å². The first kappa shape index (κ1) is 45.8. The van der Waals surface area contributed by atoms with Gasteiger partial charge in [0.1, 0.15) is 7.85 Å². The molecule has 1 rings (SSSR count). The number of phosphoric acid groups is 2. The van der Waals surface area contributed by atoms with E-state index in [0.29, 0.717) is 70.5 Å². The highest BCUT2D eigenvalue weighted by Gasteiger charge is 2.27. The summed E-state index contributed by atoms with van der Waals surface area (Å²) in [7, 11) is -2.94. The summed E-state index contributed by atoms with van der Waals surface area (Å²) in [5.74, 6) is 2.96. The smallest absolute Gasteiger partial charge is 0.382 e. The maximum atomic E-state index is 11.9. The number of nitrogens with one attached hydrogen (secondary N) is 4. The zero-order valence-corrected chi connectivity index (χ0v) is 31.6. The molecule has 0 amide bonds. The molecule has 1 aliphatic rings. The summed E-state index contributed by atoms with van der Waals surface area (Å²) < 4.78 is 58.5. The number of ether oxygens (including phenoxy) is 4. The van der Waals surface area contributed by atoms with Gasteiger partial charge in [-0.05, 0) is 38.5 Å². The van der Waals surface area contributed by atoms with Gasteiger partial charge >= 0.3 is 15.6 Å². The largest absolute Gasteiger partial charge is 0.472 e. The van der Waals surface area contributed by atoms with E-state index in [2.05, 4.69) is 15.2 Å². The van der Waals surface area contributed by atoms with Crippen LogP contribution in [0.3, 0.4) is 0 Å². The third-order valence-electron chi connectivity index (χ3n) is 6.62. The number of amidine groups is 2. The Labute approximate surface area is 294 Å². The molecule has 0 aromatic carbocycles. The molecule has 1 heterocycles. The van der Waals surface area contributed by atoms with E-state index in [9.17, 15) is 14.0 Å². The Bertz CT molecular complexity index is 947. The standard InChI is InChI=1S/C27H57BN4O12P2S2/c28-25-10-9-24(44-25)23-43-46(36,37)42-20-19-40-18-17-39-16-15-38-14-12-32-27(30)8-6-22-48-47-21-5-7-26(29)31-11-3-1-2-4-13-41-45(33,34)35/h24-25H,1-23,28H2,(H2,29,31)(H2,30,32)(H,36,37)(H2,33,34,35). The molecule has 48 heavy (non-hydrogen) atoms. The van der Waals surface area contributed by atoms with Crippen molar-refractivity contribution in [2.45, 2.75) is 76.3 Å². The Morgan fingerprint density at radius 3 is 1.85 bits per heavy atom. The fourth-order valence-electron chi connectivity index (χ4n) is 4.16. The van der Waals surface area contributed by atoms with Gasteiger partial charge in [0, 0.05) is 43.4 Å². The highest BCUT2D eigenvalue weighted by molar-refractivity contribution is 8.76. The zero-order chi connectivity index (χ0) is 35.4. The van der Waals surface area contributed by atoms with Crippen LogP contribution in [-0.4, -0.2) is 130 Å². The van der Waals surface area contributed by atoms with Crippen LogP contribution in [0.4, 0.5) is 0 Å². The molecule has 3 unspecified atom stereocenters. The zero-order valence-electron chi connectivity index (χ0n) is 28.1.